The third-order valence-electron chi connectivity index (χ3n) is 19.6. The highest BCUT2D eigenvalue weighted by molar-refractivity contribution is 6.23. The molecule has 21 N–H and O–H groups in total. The Labute approximate surface area is 555 Å². The maximum Gasteiger partial charge on any atom is 0.220 e. The number of ether oxygens (including phenoxy) is 14. The Morgan fingerprint density at radius 3 is 0.918 bits per heavy atom. The van der Waals surface area contributed by atoms with Crippen LogP contribution in [0.1, 0.15) is 18.4 Å². The fraction of sp³-hybridized carbons (Fsp3) is 0.726. The molecule has 21 aliphatic rings. The SMILES string of the molecule is O=C(CCCc1cc2cccc3ccc4cccc1c4c32)N[C@@H]1[C@@H](O)[C@H]2O[C@H]3[C@H](O)[C@@H](O)[C@@H](O[C@H]4[C@H](O)[C@@H](O)[C@@H](O[C@H]5[C@H](O)[C@@H](O)[C@@H](O[C@H]6[C@H](O)[C@@H](O)[C@@H](O[C@H]7[C@H](O)[C@@H](O)[C@@H](O[C@H]8[C@H](O)[C@@H](O)[C@@H](O[C@@H]1[C@@H](CO)O2)O[C@@H]8CO)O[C@@H]7CO)O[C@@H]6CO)O[C@@H]5CO)O[C@@H]4CO)O[C@@H]3CO. The molecule has 21 fully saturated rings. The van der Waals surface area contributed by atoms with Crippen LogP contribution in [0.3, 0.4) is 0 Å². The van der Waals surface area contributed by atoms with Gasteiger partial charge < -0.3 is 174 Å². The number of hydrogen-bond donors (Lipinski definition) is 21. The minimum absolute atomic E-state index is 0.209. The molecule has 21 aliphatic heterocycles. The highest BCUT2D eigenvalue weighted by atomic mass is 16.8. The fourth-order valence-corrected chi connectivity index (χ4v) is 14.3. The van der Waals surface area contributed by atoms with E-state index in [1.165, 1.54) is 0 Å². The van der Waals surface area contributed by atoms with Crippen molar-refractivity contribution >= 4 is 38.2 Å². The van der Waals surface area contributed by atoms with Crippen molar-refractivity contribution in [1.29, 1.82) is 0 Å². The standard InChI is InChI=1S/C62H85NO35/c64-13-25-49-35(63-32(71)9-3-6-22-12-23-7-1-4-20-10-11-21-5-2-8-24(22)34(21)33(20)23)36(72)56(85-25)93-50-26(14-65)87-58(44(80)38(50)74)95-52-28(16-67)89-60(46(82)40(52)76)97-54-30(18-69)91-62(48(84)42(54)78)98-55-31(19-70)90-61(47(83)41(55)77)96-53-29(17-68)88-59(45(81)39(53)75)94-51-27(15-66)86-57(92-49)43(79)37(51)73/h1-2,4-5,7-8,10-12,25-31,35-62,64-70,72-84H,3,6,9,13-19H2,(H,63,71)/t25-,26-,27-,28-,29-,30-,31-,35-,36-,37-,38-,39-,40-,41-,42-,43-,44-,45-,46-,47-,48-,49-,50-,51-,52-,53-,54-,55-,56-,57-,58-,59-,60-,61-,62-/m1/s1. The van der Waals surface area contributed by atoms with Gasteiger partial charge in [-0.25, -0.2) is 0 Å². The number of rotatable bonds is 12. The lowest BCUT2D eigenvalue weighted by Gasteiger charge is -2.50. The first kappa shape index (κ1) is 73.8. The van der Waals surface area contributed by atoms with E-state index >= 15 is 0 Å². The van der Waals surface area contributed by atoms with Crippen LogP contribution >= 0.6 is 0 Å². The molecule has 4 aromatic carbocycles. The number of aryl methyl sites for hydroxylation is 1. The molecule has 548 valence electrons. The molecule has 0 unspecified atom stereocenters. The van der Waals surface area contributed by atoms with Crippen LogP contribution in [0.15, 0.2) is 54.6 Å². The zero-order chi connectivity index (χ0) is 69.9. The number of benzene rings is 4. The Morgan fingerprint density at radius 2 is 0.592 bits per heavy atom. The highest BCUT2D eigenvalue weighted by Gasteiger charge is 2.60. The summed E-state index contributed by atoms with van der Waals surface area (Å²) in [6, 6.07) is 16.2. The van der Waals surface area contributed by atoms with Gasteiger partial charge in [-0.1, -0.05) is 54.6 Å². The number of amides is 1. The molecule has 36 heteroatoms. The van der Waals surface area contributed by atoms with Gasteiger partial charge in [-0.2, -0.15) is 0 Å². The van der Waals surface area contributed by atoms with Crippen molar-refractivity contribution in [2.75, 3.05) is 46.2 Å². The van der Waals surface area contributed by atoms with Crippen molar-refractivity contribution in [3.8, 4) is 0 Å². The van der Waals surface area contributed by atoms with Gasteiger partial charge in [0.15, 0.2) is 44.0 Å². The van der Waals surface area contributed by atoms with Crippen molar-refractivity contribution in [3.63, 3.8) is 0 Å². The van der Waals surface area contributed by atoms with Crippen molar-refractivity contribution in [3.05, 3.63) is 60.2 Å². The van der Waals surface area contributed by atoms with Gasteiger partial charge in [0, 0.05) is 6.42 Å². The Morgan fingerprint density at radius 1 is 0.316 bits per heavy atom. The predicted octanol–water partition coefficient (Wildman–Crippen LogP) is -10.2. The van der Waals surface area contributed by atoms with Crippen LogP contribution in [0.25, 0.3) is 32.3 Å². The van der Waals surface area contributed by atoms with Crippen molar-refractivity contribution in [1.82, 2.24) is 5.32 Å². The van der Waals surface area contributed by atoms with Crippen LogP contribution in [-0.4, -0.2) is 369 Å². The summed E-state index contributed by atoms with van der Waals surface area (Å²) in [5.74, 6) is -0.733. The summed E-state index contributed by atoms with van der Waals surface area (Å²) in [4.78, 5) is 14.4. The lowest BCUT2D eigenvalue weighted by Crippen LogP contribution is -2.70. The summed E-state index contributed by atoms with van der Waals surface area (Å²) in [6.45, 7) is -7.45. The molecule has 0 aromatic heterocycles. The number of aliphatic hydroxyl groups excluding tert-OH is 20. The molecule has 21 saturated heterocycles. The lowest BCUT2D eigenvalue weighted by molar-refractivity contribution is -0.396. The second-order valence-corrected chi connectivity index (χ2v) is 25.7. The van der Waals surface area contributed by atoms with E-state index in [0.717, 1.165) is 37.9 Å². The second-order valence-electron chi connectivity index (χ2n) is 25.7. The molecule has 14 bridgehead atoms. The van der Waals surface area contributed by atoms with Gasteiger partial charge >= 0.3 is 0 Å². The highest BCUT2D eigenvalue weighted by Crippen LogP contribution is 2.41. The topological polar surface area (TPSA) is 563 Å². The van der Waals surface area contributed by atoms with E-state index in [2.05, 4.69) is 5.32 Å². The van der Waals surface area contributed by atoms with Gasteiger partial charge in [0.2, 0.25) is 5.91 Å². The summed E-state index contributed by atoms with van der Waals surface area (Å²) >= 11 is 0. The summed E-state index contributed by atoms with van der Waals surface area (Å²) in [5.41, 5.74) is 0.920. The van der Waals surface area contributed by atoms with Gasteiger partial charge in [0.25, 0.3) is 0 Å². The van der Waals surface area contributed by atoms with Crippen molar-refractivity contribution in [2.45, 2.75) is 234 Å². The first-order valence-corrected chi connectivity index (χ1v) is 32.3. The normalized spacial score (nSPS) is 46.1. The Balaban J connectivity index is 0.836. The average molecular weight is 1400 g/mol. The molecular weight excluding hydrogens is 1320 g/mol. The third kappa shape index (κ3) is 14.0. The molecule has 98 heavy (non-hydrogen) atoms. The summed E-state index contributed by atoms with van der Waals surface area (Å²) in [5, 5.41) is 235. The molecule has 0 radical (unpaired) electrons. The van der Waals surface area contributed by atoms with Crippen LogP contribution in [0.2, 0.25) is 0 Å². The van der Waals surface area contributed by atoms with Crippen LogP contribution in [0.4, 0.5) is 0 Å². The van der Waals surface area contributed by atoms with E-state index in [1.807, 2.05) is 54.6 Å². The largest absolute Gasteiger partial charge is 0.394 e. The third-order valence-corrected chi connectivity index (χ3v) is 19.6. The smallest absolute Gasteiger partial charge is 0.220 e. The minimum atomic E-state index is -2.25. The first-order valence-electron chi connectivity index (χ1n) is 32.3. The zero-order valence-electron chi connectivity index (χ0n) is 52.0. The Bertz CT molecular complexity index is 3240. The number of nitrogens with one attached hydrogen (secondary N) is 1. The molecule has 25 rings (SSSR count). The predicted molar refractivity (Wildman–Crippen MR) is 317 cm³/mol. The monoisotopic (exact) mass is 1400 g/mol. The number of carbonyl (C=O) groups is 1. The van der Waals surface area contributed by atoms with Crippen molar-refractivity contribution < 1.29 is 173 Å². The molecule has 0 saturated carbocycles. The van der Waals surface area contributed by atoms with Gasteiger partial charge in [0.1, 0.15) is 165 Å². The molecule has 4 aromatic rings. The maximum atomic E-state index is 14.4. The van der Waals surface area contributed by atoms with E-state index in [9.17, 15) is 107 Å². The van der Waals surface area contributed by atoms with Gasteiger partial charge in [0.05, 0.1) is 52.3 Å². The first-order chi connectivity index (χ1) is 47.1. The van der Waals surface area contributed by atoms with E-state index in [1.54, 1.807) is 0 Å². The lowest BCUT2D eigenvalue weighted by atomic mass is 9.90. The van der Waals surface area contributed by atoms with Gasteiger partial charge in [-0.05, 0) is 50.7 Å². The van der Waals surface area contributed by atoms with Crippen LogP contribution in [-0.2, 0) is 77.5 Å². The average Bonchev–Trinajstić information content (AvgIpc) is 0.748. The molecule has 35 atom stereocenters. The minimum Gasteiger partial charge on any atom is -0.394 e. The fourth-order valence-electron chi connectivity index (χ4n) is 14.3. The Kier molecular flexibility index (Phi) is 23.5. The van der Waals surface area contributed by atoms with E-state index < -0.39 is 267 Å². The second kappa shape index (κ2) is 31.2. The summed E-state index contributed by atoms with van der Waals surface area (Å²) in [7, 11) is 0. The van der Waals surface area contributed by atoms with Crippen LogP contribution in [0.5, 0.6) is 0 Å². The number of hydrogen-bond acceptors (Lipinski definition) is 35. The van der Waals surface area contributed by atoms with Gasteiger partial charge in [-0.3, -0.25) is 4.79 Å². The molecule has 1 amide bonds. The molecule has 36 nitrogen and oxygen atoms in total. The molecule has 21 heterocycles. The van der Waals surface area contributed by atoms with E-state index in [0.29, 0.717) is 6.42 Å². The summed E-state index contributed by atoms with van der Waals surface area (Å²) < 4.78 is 82.1. The van der Waals surface area contributed by atoms with Crippen molar-refractivity contribution in [2.24, 2.45) is 0 Å². The van der Waals surface area contributed by atoms with Crippen LogP contribution < -0.4 is 5.32 Å². The van der Waals surface area contributed by atoms with Crippen LogP contribution in [0, 0.1) is 0 Å². The molecule has 0 aliphatic carbocycles. The quantitative estimate of drug-likeness (QED) is 0.0586. The van der Waals surface area contributed by atoms with E-state index in [4.69, 9.17) is 66.3 Å². The Hall–Kier alpha value is -3.97. The molecular formula is C62H85NO35. The maximum absolute atomic E-state index is 14.4. The molecule has 0 spiro atoms. The number of carbonyl (C=O) groups excluding carboxylic acids is 1. The zero-order valence-corrected chi connectivity index (χ0v) is 52.0. The van der Waals surface area contributed by atoms with Gasteiger partial charge in [-0.15, -0.1) is 0 Å². The number of aliphatic hydroxyl groups is 20. The summed E-state index contributed by atoms with van der Waals surface area (Å²) in [6.07, 6.45) is -68.6. The van der Waals surface area contributed by atoms with E-state index in [-0.39, 0.29) is 12.8 Å².